The van der Waals surface area contributed by atoms with Gasteiger partial charge in [-0.15, -0.1) is 0 Å². The van der Waals surface area contributed by atoms with Crippen LogP contribution in [0.25, 0.3) is 0 Å². The zero-order chi connectivity index (χ0) is 12.8. The maximum atomic E-state index is 6.05. The molecule has 0 amide bonds. The third kappa shape index (κ3) is 4.21. The molecule has 1 unspecified atom stereocenters. The Bertz CT molecular complexity index is 352. The van der Waals surface area contributed by atoms with E-state index in [2.05, 4.69) is 19.2 Å². The summed E-state index contributed by atoms with van der Waals surface area (Å²) in [6.45, 7) is 4.48. The molecule has 0 aromatic heterocycles. The molecular formula is C14H22ClNO. The largest absolute Gasteiger partial charge is 0.496 e. The minimum absolute atomic E-state index is 0.297. The van der Waals surface area contributed by atoms with Crippen LogP contribution < -0.4 is 10.1 Å². The second kappa shape index (κ2) is 6.87. The summed E-state index contributed by atoms with van der Waals surface area (Å²) in [5, 5.41) is 4.09. The molecule has 1 atom stereocenters. The fourth-order valence-electron chi connectivity index (χ4n) is 1.93. The van der Waals surface area contributed by atoms with E-state index in [1.54, 1.807) is 7.11 Å². The summed E-state index contributed by atoms with van der Waals surface area (Å²) < 4.78 is 5.39. The molecule has 2 nitrogen and oxygen atoms in total. The minimum atomic E-state index is 0.297. The Labute approximate surface area is 109 Å². The van der Waals surface area contributed by atoms with E-state index in [-0.39, 0.29) is 0 Å². The second-order valence-corrected chi connectivity index (χ2v) is 5.14. The van der Waals surface area contributed by atoms with Gasteiger partial charge in [-0.2, -0.15) is 0 Å². The molecule has 0 aliphatic heterocycles. The van der Waals surface area contributed by atoms with Crippen molar-refractivity contribution in [2.24, 2.45) is 5.92 Å². The van der Waals surface area contributed by atoms with Crippen molar-refractivity contribution in [3.63, 3.8) is 0 Å². The smallest absolute Gasteiger partial charge is 0.123 e. The Morgan fingerprint density at radius 2 is 2.00 bits per heavy atom. The Morgan fingerprint density at radius 3 is 2.53 bits per heavy atom. The van der Waals surface area contributed by atoms with E-state index in [0.717, 1.165) is 22.8 Å². The van der Waals surface area contributed by atoms with Crippen LogP contribution in [0.4, 0.5) is 0 Å². The number of halogens is 1. The first-order valence-electron chi connectivity index (χ1n) is 6.09. The fraction of sp³-hybridized carbons (Fsp3) is 0.571. The Morgan fingerprint density at radius 1 is 1.29 bits per heavy atom. The number of ether oxygens (including phenoxy) is 1. The lowest BCUT2D eigenvalue weighted by molar-refractivity contribution is 0.392. The molecule has 0 aliphatic carbocycles. The van der Waals surface area contributed by atoms with Crippen molar-refractivity contribution in [3.05, 3.63) is 28.8 Å². The molecule has 0 fully saturated rings. The molecule has 0 saturated carbocycles. The molecule has 1 aromatic rings. The molecule has 0 aliphatic rings. The van der Waals surface area contributed by atoms with Gasteiger partial charge in [-0.1, -0.05) is 25.4 Å². The van der Waals surface area contributed by atoms with E-state index in [0.29, 0.717) is 12.0 Å². The number of hydrogen-bond donors (Lipinski definition) is 1. The van der Waals surface area contributed by atoms with Crippen molar-refractivity contribution < 1.29 is 4.74 Å². The van der Waals surface area contributed by atoms with Crippen molar-refractivity contribution in [2.75, 3.05) is 14.2 Å². The topological polar surface area (TPSA) is 21.3 Å². The highest BCUT2D eigenvalue weighted by Gasteiger charge is 2.15. The number of benzene rings is 1. The van der Waals surface area contributed by atoms with E-state index in [9.17, 15) is 0 Å². The number of hydrogen-bond acceptors (Lipinski definition) is 2. The molecular weight excluding hydrogens is 234 g/mol. The van der Waals surface area contributed by atoms with Crippen LogP contribution in [0.1, 0.15) is 38.3 Å². The molecule has 0 radical (unpaired) electrons. The lowest BCUT2D eigenvalue weighted by atomic mass is 9.97. The van der Waals surface area contributed by atoms with E-state index in [1.807, 2.05) is 25.2 Å². The van der Waals surface area contributed by atoms with Crippen LogP contribution in [0.3, 0.4) is 0 Å². The Balaban J connectivity index is 2.89. The Hall–Kier alpha value is -0.730. The summed E-state index contributed by atoms with van der Waals surface area (Å²) in [4.78, 5) is 0. The minimum Gasteiger partial charge on any atom is -0.496 e. The molecule has 1 rings (SSSR count). The molecule has 96 valence electrons. The van der Waals surface area contributed by atoms with E-state index >= 15 is 0 Å². The predicted molar refractivity (Wildman–Crippen MR) is 73.9 cm³/mol. The van der Waals surface area contributed by atoms with Crippen LogP contribution in [0.5, 0.6) is 5.75 Å². The summed E-state index contributed by atoms with van der Waals surface area (Å²) in [6.07, 6.45) is 2.27. The highest BCUT2D eigenvalue weighted by Crippen LogP contribution is 2.31. The average molecular weight is 256 g/mol. The summed E-state index contributed by atoms with van der Waals surface area (Å²) in [5.74, 6) is 1.61. The van der Waals surface area contributed by atoms with Gasteiger partial charge in [0.2, 0.25) is 0 Å². The Kier molecular flexibility index (Phi) is 5.79. The van der Waals surface area contributed by atoms with Gasteiger partial charge in [-0.3, -0.25) is 0 Å². The second-order valence-electron chi connectivity index (χ2n) is 4.70. The first-order valence-corrected chi connectivity index (χ1v) is 6.47. The third-order valence-corrected chi connectivity index (χ3v) is 3.18. The first kappa shape index (κ1) is 14.3. The van der Waals surface area contributed by atoms with Crippen LogP contribution in [0.15, 0.2) is 18.2 Å². The molecule has 0 saturated heterocycles. The summed E-state index contributed by atoms with van der Waals surface area (Å²) in [6, 6.07) is 6.07. The van der Waals surface area contributed by atoms with E-state index < -0.39 is 0 Å². The number of rotatable bonds is 6. The van der Waals surface area contributed by atoms with Gasteiger partial charge in [-0.25, -0.2) is 0 Å². The molecule has 0 bridgehead atoms. The number of nitrogens with one attached hydrogen (secondary N) is 1. The third-order valence-electron chi connectivity index (χ3n) is 2.95. The van der Waals surface area contributed by atoms with Crippen molar-refractivity contribution in [1.29, 1.82) is 0 Å². The zero-order valence-corrected chi connectivity index (χ0v) is 11.8. The van der Waals surface area contributed by atoms with E-state index in [1.165, 1.54) is 6.42 Å². The van der Waals surface area contributed by atoms with Gasteiger partial charge in [0.05, 0.1) is 7.11 Å². The van der Waals surface area contributed by atoms with Crippen LogP contribution in [-0.4, -0.2) is 14.2 Å². The van der Waals surface area contributed by atoms with Gasteiger partial charge < -0.3 is 10.1 Å². The summed E-state index contributed by atoms with van der Waals surface area (Å²) in [5.41, 5.74) is 1.14. The SMILES string of the molecule is CNC(CCC(C)C)c1cc(Cl)ccc1OC. The maximum Gasteiger partial charge on any atom is 0.123 e. The van der Waals surface area contributed by atoms with Gasteiger partial charge >= 0.3 is 0 Å². The normalized spacial score (nSPS) is 12.8. The van der Waals surface area contributed by atoms with Gasteiger partial charge in [0.15, 0.2) is 0 Å². The molecule has 0 spiro atoms. The van der Waals surface area contributed by atoms with Crippen molar-refractivity contribution in [2.45, 2.75) is 32.7 Å². The zero-order valence-electron chi connectivity index (χ0n) is 11.1. The number of methoxy groups -OCH3 is 1. The average Bonchev–Trinajstić information content (AvgIpc) is 2.30. The van der Waals surface area contributed by atoms with E-state index in [4.69, 9.17) is 16.3 Å². The van der Waals surface area contributed by atoms with Gasteiger partial charge in [0, 0.05) is 16.6 Å². The van der Waals surface area contributed by atoms with Crippen molar-refractivity contribution in [3.8, 4) is 5.75 Å². The van der Waals surface area contributed by atoms with Crippen LogP contribution in [0.2, 0.25) is 5.02 Å². The first-order chi connectivity index (χ1) is 8.08. The van der Waals surface area contributed by atoms with Gasteiger partial charge in [0.1, 0.15) is 5.75 Å². The summed E-state index contributed by atoms with van der Waals surface area (Å²) in [7, 11) is 3.67. The molecule has 1 aromatic carbocycles. The summed E-state index contributed by atoms with van der Waals surface area (Å²) >= 11 is 6.05. The lowest BCUT2D eigenvalue weighted by Gasteiger charge is -2.20. The molecule has 3 heteroatoms. The van der Waals surface area contributed by atoms with Crippen molar-refractivity contribution in [1.82, 2.24) is 5.32 Å². The molecule has 1 N–H and O–H groups in total. The van der Waals surface area contributed by atoms with Crippen molar-refractivity contribution >= 4 is 11.6 Å². The predicted octanol–water partition coefficient (Wildman–Crippen LogP) is 4.05. The van der Waals surface area contributed by atoms with Gasteiger partial charge in [-0.05, 0) is 44.0 Å². The lowest BCUT2D eigenvalue weighted by Crippen LogP contribution is -2.17. The monoisotopic (exact) mass is 255 g/mol. The highest BCUT2D eigenvalue weighted by molar-refractivity contribution is 6.30. The maximum absolute atomic E-state index is 6.05. The fourth-order valence-corrected chi connectivity index (χ4v) is 2.11. The van der Waals surface area contributed by atoms with Crippen LogP contribution in [0, 0.1) is 5.92 Å². The van der Waals surface area contributed by atoms with Gasteiger partial charge in [0.25, 0.3) is 0 Å². The quantitative estimate of drug-likeness (QED) is 0.828. The standard InChI is InChI=1S/C14H22ClNO/c1-10(2)5-7-13(16-3)12-9-11(15)6-8-14(12)17-4/h6,8-10,13,16H,5,7H2,1-4H3. The molecule has 0 heterocycles. The molecule has 17 heavy (non-hydrogen) atoms. The highest BCUT2D eigenvalue weighted by atomic mass is 35.5. The van der Waals surface area contributed by atoms with Crippen LogP contribution >= 0.6 is 11.6 Å². The van der Waals surface area contributed by atoms with Crippen LogP contribution in [-0.2, 0) is 0 Å².